The molecule has 0 bridgehead atoms. The molecule has 12 heavy (non-hydrogen) atoms. The second-order valence-corrected chi connectivity index (χ2v) is 3.54. The highest BCUT2D eigenvalue weighted by molar-refractivity contribution is 9.10. The lowest BCUT2D eigenvalue weighted by molar-refractivity contribution is 0.304. The molecule has 0 amide bonds. The van der Waals surface area contributed by atoms with Gasteiger partial charge in [-0.3, -0.25) is 0 Å². The molecular weight excluding hydrogens is 218 g/mol. The molecule has 0 saturated carbocycles. The summed E-state index contributed by atoms with van der Waals surface area (Å²) >= 11 is 3.37. The Morgan fingerprint density at radius 2 is 1.92 bits per heavy atom. The summed E-state index contributed by atoms with van der Waals surface area (Å²) in [5.41, 5.74) is 1.12. The molecule has 0 radical (unpaired) electrons. The molecule has 66 valence electrons. The number of hydrogen-bond acceptors (Lipinski definition) is 2. The second kappa shape index (κ2) is 4.48. The van der Waals surface area contributed by atoms with Gasteiger partial charge in [-0.05, 0) is 24.3 Å². The van der Waals surface area contributed by atoms with Gasteiger partial charge in [0.05, 0.1) is 6.61 Å². The Hall–Kier alpha value is -0.540. The van der Waals surface area contributed by atoms with Gasteiger partial charge in [0, 0.05) is 23.8 Å². The van der Waals surface area contributed by atoms with Gasteiger partial charge in [0.2, 0.25) is 0 Å². The summed E-state index contributed by atoms with van der Waals surface area (Å²) in [4.78, 5) is 2.01. The van der Waals surface area contributed by atoms with Crippen LogP contribution in [-0.4, -0.2) is 25.3 Å². The quantitative estimate of drug-likeness (QED) is 0.856. The molecule has 0 aromatic heterocycles. The van der Waals surface area contributed by atoms with Crippen molar-refractivity contribution < 1.29 is 5.11 Å². The maximum Gasteiger partial charge on any atom is 0.0606 e. The molecule has 0 fully saturated rings. The minimum Gasteiger partial charge on any atom is -0.395 e. The Kier molecular flexibility index (Phi) is 3.56. The third kappa shape index (κ3) is 2.50. The van der Waals surface area contributed by atoms with E-state index in [1.165, 1.54) is 0 Å². The van der Waals surface area contributed by atoms with Crippen LogP contribution in [-0.2, 0) is 0 Å². The Labute approximate surface area is 80.9 Å². The van der Waals surface area contributed by atoms with Crippen LogP contribution in [0.1, 0.15) is 0 Å². The van der Waals surface area contributed by atoms with Crippen LogP contribution >= 0.6 is 15.9 Å². The molecule has 0 aliphatic heterocycles. The molecule has 1 aromatic rings. The van der Waals surface area contributed by atoms with Gasteiger partial charge in [-0.25, -0.2) is 0 Å². The van der Waals surface area contributed by atoms with E-state index < -0.39 is 0 Å². The molecule has 0 heterocycles. The zero-order chi connectivity index (χ0) is 8.97. The van der Waals surface area contributed by atoms with E-state index in [0.29, 0.717) is 6.54 Å². The fourth-order valence-corrected chi connectivity index (χ4v) is 1.24. The van der Waals surface area contributed by atoms with Crippen LogP contribution < -0.4 is 4.90 Å². The van der Waals surface area contributed by atoms with Crippen molar-refractivity contribution in [3.63, 3.8) is 0 Å². The fraction of sp³-hybridized carbons (Fsp3) is 0.333. The van der Waals surface area contributed by atoms with E-state index in [4.69, 9.17) is 5.11 Å². The lowest BCUT2D eigenvalue weighted by Crippen LogP contribution is -2.20. The number of hydrogen-bond donors (Lipinski definition) is 1. The van der Waals surface area contributed by atoms with Gasteiger partial charge in [0.1, 0.15) is 0 Å². The van der Waals surface area contributed by atoms with E-state index >= 15 is 0 Å². The van der Waals surface area contributed by atoms with Gasteiger partial charge in [-0.15, -0.1) is 0 Å². The number of aliphatic hydroxyl groups excluding tert-OH is 1. The molecule has 2 nitrogen and oxygen atoms in total. The van der Waals surface area contributed by atoms with Crippen LogP contribution in [0.5, 0.6) is 0 Å². The summed E-state index contributed by atoms with van der Waals surface area (Å²) in [5, 5.41) is 8.70. The second-order valence-electron chi connectivity index (χ2n) is 2.62. The topological polar surface area (TPSA) is 23.5 Å². The number of aliphatic hydroxyl groups is 1. The smallest absolute Gasteiger partial charge is 0.0606 e. The standard InChI is InChI=1S/C9H12BrNO/c1-11(6-7-12)9-4-2-8(10)3-5-9/h2-5,12H,6-7H2,1H3. The molecule has 0 aliphatic carbocycles. The van der Waals surface area contributed by atoms with Crippen molar-refractivity contribution in [2.75, 3.05) is 25.1 Å². The zero-order valence-corrected chi connectivity index (χ0v) is 8.58. The van der Waals surface area contributed by atoms with Crippen molar-refractivity contribution in [2.24, 2.45) is 0 Å². The van der Waals surface area contributed by atoms with E-state index in [2.05, 4.69) is 15.9 Å². The van der Waals surface area contributed by atoms with Crippen LogP contribution in [0.15, 0.2) is 28.7 Å². The summed E-state index contributed by atoms with van der Waals surface area (Å²) in [6.45, 7) is 0.855. The number of rotatable bonds is 3. The highest BCUT2D eigenvalue weighted by Gasteiger charge is 1.97. The monoisotopic (exact) mass is 229 g/mol. The molecule has 1 N–H and O–H groups in total. The van der Waals surface area contributed by atoms with Gasteiger partial charge in [-0.2, -0.15) is 0 Å². The Morgan fingerprint density at radius 1 is 1.33 bits per heavy atom. The van der Waals surface area contributed by atoms with E-state index in [-0.39, 0.29) is 6.61 Å². The maximum atomic E-state index is 8.70. The summed E-state index contributed by atoms with van der Waals surface area (Å²) in [6.07, 6.45) is 0. The summed E-state index contributed by atoms with van der Waals surface area (Å²) < 4.78 is 1.07. The fourth-order valence-electron chi connectivity index (χ4n) is 0.975. The van der Waals surface area contributed by atoms with Crippen LogP contribution in [0.4, 0.5) is 5.69 Å². The third-order valence-electron chi connectivity index (χ3n) is 1.70. The SMILES string of the molecule is CN(CCO)c1ccc(Br)cc1. The first kappa shape index (κ1) is 9.55. The van der Waals surface area contributed by atoms with Gasteiger partial charge in [0.25, 0.3) is 0 Å². The number of nitrogens with zero attached hydrogens (tertiary/aromatic N) is 1. The first-order chi connectivity index (χ1) is 5.74. The molecular formula is C9H12BrNO. The predicted octanol–water partition coefficient (Wildman–Crippen LogP) is 1.88. The van der Waals surface area contributed by atoms with E-state index in [1.54, 1.807) is 0 Å². The van der Waals surface area contributed by atoms with Crippen LogP contribution in [0, 0.1) is 0 Å². The minimum absolute atomic E-state index is 0.187. The summed E-state index contributed by atoms with van der Waals surface area (Å²) in [6, 6.07) is 8.01. The molecule has 3 heteroatoms. The van der Waals surface area contributed by atoms with Crippen molar-refractivity contribution in [3.05, 3.63) is 28.7 Å². The highest BCUT2D eigenvalue weighted by Crippen LogP contribution is 2.16. The van der Waals surface area contributed by atoms with Crippen LogP contribution in [0.25, 0.3) is 0 Å². The normalized spacial score (nSPS) is 9.92. The van der Waals surface area contributed by atoms with Crippen molar-refractivity contribution in [2.45, 2.75) is 0 Å². The Bertz CT molecular complexity index is 235. The number of anilines is 1. The van der Waals surface area contributed by atoms with Gasteiger partial charge >= 0.3 is 0 Å². The molecule has 1 rings (SSSR count). The number of likely N-dealkylation sites (N-methyl/N-ethyl adjacent to an activating group) is 1. The molecule has 0 unspecified atom stereocenters. The van der Waals surface area contributed by atoms with Crippen LogP contribution in [0.3, 0.4) is 0 Å². The van der Waals surface area contributed by atoms with Crippen molar-refractivity contribution in [1.29, 1.82) is 0 Å². The third-order valence-corrected chi connectivity index (χ3v) is 2.23. The molecule has 0 spiro atoms. The minimum atomic E-state index is 0.187. The van der Waals surface area contributed by atoms with Crippen LogP contribution in [0.2, 0.25) is 0 Å². The number of halogens is 1. The van der Waals surface area contributed by atoms with Crippen molar-refractivity contribution >= 4 is 21.6 Å². The molecule has 0 aliphatic rings. The maximum absolute atomic E-state index is 8.70. The first-order valence-corrected chi connectivity index (χ1v) is 4.61. The molecule has 0 saturated heterocycles. The van der Waals surface area contributed by atoms with E-state index in [9.17, 15) is 0 Å². The highest BCUT2D eigenvalue weighted by atomic mass is 79.9. The first-order valence-electron chi connectivity index (χ1n) is 3.81. The van der Waals surface area contributed by atoms with Gasteiger partial charge in [-0.1, -0.05) is 15.9 Å². The Balaban J connectivity index is 2.68. The summed E-state index contributed by atoms with van der Waals surface area (Å²) in [7, 11) is 1.96. The summed E-state index contributed by atoms with van der Waals surface area (Å²) in [5.74, 6) is 0. The van der Waals surface area contributed by atoms with Crippen molar-refractivity contribution in [1.82, 2.24) is 0 Å². The average molecular weight is 230 g/mol. The number of benzene rings is 1. The van der Waals surface area contributed by atoms with E-state index in [0.717, 1.165) is 10.2 Å². The van der Waals surface area contributed by atoms with Gasteiger partial charge in [0.15, 0.2) is 0 Å². The molecule has 1 aromatic carbocycles. The Morgan fingerprint density at radius 3 is 2.42 bits per heavy atom. The predicted molar refractivity (Wildman–Crippen MR) is 54.5 cm³/mol. The lowest BCUT2D eigenvalue weighted by Gasteiger charge is -2.17. The van der Waals surface area contributed by atoms with Crippen molar-refractivity contribution in [3.8, 4) is 0 Å². The average Bonchev–Trinajstić information content (AvgIpc) is 2.06. The largest absolute Gasteiger partial charge is 0.395 e. The zero-order valence-electron chi connectivity index (χ0n) is 7.00. The van der Waals surface area contributed by atoms with Gasteiger partial charge < -0.3 is 10.0 Å². The lowest BCUT2D eigenvalue weighted by atomic mass is 10.3. The van der Waals surface area contributed by atoms with E-state index in [1.807, 2.05) is 36.2 Å². The molecule has 0 atom stereocenters.